The van der Waals surface area contributed by atoms with Crippen LogP contribution in [-0.2, 0) is 9.47 Å². The summed E-state index contributed by atoms with van der Waals surface area (Å²) in [6.07, 6.45) is -0.509. The van der Waals surface area contributed by atoms with Gasteiger partial charge in [-0.2, -0.15) is 0 Å². The predicted molar refractivity (Wildman–Crippen MR) is 40.7 cm³/mol. The van der Waals surface area contributed by atoms with E-state index in [2.05, 4.69) is 14.8 Å². The summed E-state index contributed by atoms with van der Waals surface area (Å²) < 4.78 is 33.8. The van der Waals surface area contributed by atoms with Gasteiger partial charge in [0, 0.05) is 19.2 Å². The van der Waals surface area contributed by atoms with Gasteiger partial charge in [-0.05, 0) is 12.2 Å². The zero-order valence-corrected chi connectivity index (χ0v) is 7.01. The molecule has 2 aliphatic rings. The fourth-order valence-corrected chi connectivity index (χ4v) is 1.37. The lowest BCUT2D eigenvalue weighted by Crippen LogP contribution is -2.21. The third kappa shape index (κ3) is 1.51. The predicted octanol–water partition coefficient (Wildman–Crippen LogP) is 1.34. The lowest BCUT2D eigenvalue weighted by atomic mass is 10.1. The Morgan fingerprint density at radius 1 is 1.54 bits per heavy atom. The van der Waals surface area contributed by atoms with Crippen molar-refractivity contribution in [3.05, 3.63) is 23.6 Å². The lowest BCUT2D eigenvalue weighted by Gasteiger charge is -2.14. The molecule has 1 fully saturated rings. The van der Waals surface area contributed by atoms with Gasteiger partial charge in [-0.15, -0.1) is 8.78 Å². The summed E-state index contributed by atoms with van der Waals surface area (Å²) >= 11 is 0. The number of halogens is 2. The number of allylic oxidation sites excluding steroid dienone is 2. The van der Waals surface area contributed by atoms with Crippen LogP contribution in [0.1, 0.15) is 6.42 Å². The monoisotopic (exact) mass is 189 g/mol. The van der Waals surface area contributed by atoms with Gasteiger partial charge in [0.2, 0.25) is 0 Å². The van der Waals surface area contributed by atoms with E-state index in [0.29, 0.717) is 6.42 Å². The minimum atomic E-state index is -3.46. The van der Waals surface area contributed by atoms with Crippen molar-refractivity contribution in [2.24, 2.45) is 0 Å². The minimum absolute atomic E-state index is 0.198. The first-order valence-electron chi connectivity index (χ1n) is 3.94. The van der Waals surface area contributed by atoms with Crippen LogP contribution in [0.2, 0.25) is 0 Å². The second kappa shape index (κ2) is 2.70. The van der Waals surface area contributed by atoms with E-state index in [1.165, 1.54) is 6.08 Å². The molecule has 1 aliphatic carbocycles. The van der Waals surface area contributed by atoms with Crippen molar-refractivity contribution in [3.63, 3.8) is 0 Å². The maximum atomic E-state index is 12.5. The summed E-state index contributed by atoms with van der Waals surface area (Å²) in [5.74, 6) is 0.198. The van der Waals surface area contributed by atoms with E-state index in [9.17, 15) is 8.78 Å². The molecule has 1 N–H and O–H groups in total. The molecule has 0 aromatic rings. The minimum Gasteiger partial charge on any atom is -0.411 e. The van der Waals surface area contributed by atoms with Crippen molar-refractivity contribution in [1.29, 1.82) is 0 Å². The van der Waals surface area contributed by atoms with E-state index in [1.54, 1.807) is 13.1 Å². The number of alkyl halides is 2. The number of fused-ring (bicyclic) bond motifs is 1. The first-order valence-corrected chi connectivity index (χ1v) is 3.94. The lowest BCUT2D eigenvalue weighted by molar-refractivity contribution is -0.341. The molecule has 0 amide bonds. The third-order valence-corrected chi connectivity index (χ3v) is 2.01. The fraction of sp³-hybridized carbons (Fsp3) is 0.500. The molecule has 1 heterocycles. The van der Waals surface area contributed by atoms with E-state index >= 15 is 0 Å². The highest BCUT2D eigenvalue weighted by atomic mass is 19.3. The number of hydrogen-bond donors (Lipinski definition) is 1. The van der Waals surface area contributed by atoms with Crippen LogP contribution in [0.4, 0.5) is 8.78 Å². The van der Waals surface area contributed by atoms with Crippen LogP contribution in [0, 0.1) is 0 Å². The second-order valence-corrected chi connectivity index (χ2v) is 2.89. The second-order valence-electron chi connectivity index (χ2n) is 2.89. The Morgan fingerprint density at radius 3 is 3.00 bits per heavy atom. The first-order chi connectivity index (χ1) is 6.11. The molecule has 5 heteroatoms. The Kier molecular flexibility index (Phi) is 1.76. The van der Waals surface area contributed by atoms with Gasteiger partial charge in [0.1, 0.15) is 11.9 Å². The normalized spacial score (nSPS) is 29.9. The zero-order chi connectivity index (χ0) is 9.47. The fourth-order valence-electron chi connectivity index (χ4n) is 1.37. The molecular weight excluding hydrogens is 180 g/mol. The summed E-state index contributed by atoms with van der Waals surface area (Å²) in [5, 5.41) is 2.88. The highest BCUT2D eigenvalue weighted by molar-refractivity contribution is 5.24. The van der Waals surface area contributed by atoms with Crippen LogP contribution >= 0.6 is 0 Å². The Bertz CT molecular complexity index is 286. The molecule has 0 bridgehead atoms. The van der Waals surface area contributed by atoms with Gasteiger partial charge in [-0.25, -0.2) is 0 Å². The zero-order valence-electron chi connectivity index (χ0n) is 7.01. The summed E-state index contributed by atoms with van der Waals surface area (Å²) in [4.78, 5) is 0. The van der Waals surface area contributed by atoms with Crippen molar-refractivity contribution >= 4 is 0 Å². The standard InChI is InChI=1S/C8H9F2NO2/c1-11-5-2-3-6-7(4-5)13-8(9,10)12-6/h2-3,7,11H,4H2,1H3. The van der Waals surface area contributed by atoms with Gasteiger partial charge < -0.3 is 10.1 Å². The molecule has 0 saturated carbocycles. The van der Waals surface area contributed by atoms with Crippen LogP contribution in [0.25, 0.3) is 0 Å². The molecule has 2 rings (SSSR count). The average Bonchev–Trinajstić information content (AvgIpc) is 2.36. The van der Waals surface area contributed by atoms with Gasteiger partial charge in [-0.1, -0.05) is 0 Å². The first kappa shape index (κ1) is 8.50. The molecule has 0 radical (unpaired) electrons. The van der Waals surface area contributed by atoms with E-state index < -0.39 is 12.4 Å². The van der Waals surface area contributed by atoms with E-state index in [1.807, 2.05) is 0 Å². The summed E-state index contributed by atoms with van der Waals surface area (Å²) in [7, 11) is 1.73. The Labute approximate surface area is 74.0 Å². The molecule has 1 aliphatic heterocycles. The molecule has 13 heavy (non-hydrogen) atoms. The van der Waals surface area contributed by atoms with Crippen molar-refractivity contribution in [2.75, 3.05) is 7.05 Å². The summed E-state index contributed by atoms with van der Waals surface area (Å²) in [5.41, 5.74) is 0.857. The van der Waals surface area contributed by atoms with E-state index in [0.717, 1.165) is 5.70 Å². The number of rotatable bonds is 1. The molecule has 0 aromatic heterocycles. The SMILES string of the molecule is CNC1=CC=C2OC(F)(F)OC2C1. The van der Waals surface area contributed by atoms with E-state index in [4.69, 9.17) is 0 Å². The van der Waals surface area contributed by atoms with Gasteiger partial charge in [0.05, 0.1) is 0 Å². The third-order valence-electron chi connectivity index (χ3n) is 2.01. The van der Waals surface area contributed by atoms with Crippen LogP contribution < -0.4 is 5.32 Å². The Hall–Kier alpha value is -1.10. The van der Waals surface area contributed by atoms with Crippen LogP contribution in [0.15, 0.2) is 23.6 Å². The smallest absolute Gasteiger partial charge is 0.411 e. The summed E-state index contributed by atoms with van der Waals surface area (Å²) in [6.45, 7) is 0. The molecular formula is C8H9F2NO2. The van der Waals surface area contributed by atoms with E-state index in [-0.39, 0.29) is 5.76 Å². The Balaban J connectivity index is 2.15. The van der Waals surface area contributed by atoms with Crippen molar-refractivity contribution in [1.82, 2.24) is 5.32 Å². The molecule has 3 nitrogen and oxygen atoms in total. The molecule has 1 saturated heterocycles. The van der Waals surface area contributed by atoms with Crippen LogP contribution in [0.3, 0.4) is 0 Å². The van der Waals surface area contributed by atoms with Crippen LogP contribution in [0.5, 0.6) is 0 Å². The van der Waals surface area contributed by atoms with Gasteiger partial charge in [0.25, 0.3) is 0 Å². The number of ether oxygens (including phenoxy) is 2. The molecule has 0 spiro atoms. The van der Waals surface area contributed by atoms with Gasteiger partial charge >= 0.3 is 6.29 Å². The molecule has 1 unspecified atom stereocenters. The molecule has 1 atom stereocenters. The Morgan fingerprint density at radius 2 is 2.31 bits per heavy atom. The molecule has 0 aromatic carbocycles. The van der Waals surface area contributed by atoms with Crippen molar-refractivity contribution in [3.8, 4) is 0 Å². The number of nitrogens with one attached hydrogen (secondary N) is 1. The highest BCUT2D eigenvalue weighted by Gasteiger charge is 2.48. The topological polar surface area (TPSA) is 30.5 Å². The highest BCUT2D eigenvalue weighted by Crippen LogP contribution is 2.38. The molecule has 72 valence electrons. The maximum absolute atomic E-state index is 12.5. The largest absolute Gasteiger partial charge is 0.535 e. The van der Waals surface area contributed by atoms with Crippen molar-refractivity contribution < 1.29 is 18.3 Å². The average molecular weight is 189 g/mol. The van der Waals surface area contributed by atoms with Gasteiger partial charge in [-0.3, -0.25) is 4.74 Å². The van der Waals surface area contributed by atoms with Crippen molar-refractivity contribution in [2.45, 2.75) is 18.8 Å². The summed E-state index contributed by atoms with van der Waals surface area (Å²) in [6, 6.07) is 0. The van der Waals surface area contributed by atoms with Gasteiger partial charge in [0.15, 0.2) is 0 Å². The van der Waals surface area contributed by atoms with Crippen LogP contribution in [-0.4, -0.2) is 19.4 Å². The quantitative estimate of drug-likeness (QED) is 0.675. The maximum Gasteiger partial charge on any atom is 0.535 e. The number of hydrogen-bond acceptors (Lipinski definition) is 3.